The number of fused-ring (bicyclic) bond motifs is 1. The first kappa shape index (κ1) is 38.4. The van der Waals surface area contributed by atoms with Crippen molar-refractivity contribution in [3.63, 3.8) is 0 Å². The predicted molar refractivity (Wildman–Crippen MR) is 198 cm³/mol. The molecule has 5 atom stereocenters. The number of ether oxygens (including phenoxy) is 1. The van der Waals surface area contributed by atoms with Crippen molar-refractivity contribution in [2.45, 2.75) is 114 Å². The molecule has 2 aromatic carbocycles. The highest BCUT2D eigenvalue weighted by molar-refractivity contribution is 7.91. The fourth-order valence-corrected chi connectivity index (χ4v) is 8.95. The molecule has 13 nitrogen and oxygen atoms in total. The maximum absolute atomic E-state index is 14.5. The van der Waals surface area contributed by atoms with E-state index in [1.54, 1.807) is 32.0 Å². The van der Waals surface area contributed by atoms with E-state index >= 15 is 0 Å². The Morgan fingerprint density at radius 1 is 1.11 bits per heavy atom. The Hall–Kier alpha value is -4.35. The average molecular weight is 767 g/mol. The largest absolute Gasteiger partial charge is 0.444 e. The van der Waals surface area contributed by atoms with Gasteiger partial charge in [0.2, 0.25) is 21.8 Å². The Balaban J connectivity index is 1.24. The van der Waals surface area contributed by atoms with Crippen LogP contribution in [0.1, 0.15) is 83.4 Å². The summed E-state index contributed by atoms with van der Waals surface area (Å²) in [4.78, 5) is 58.7. The monoisotopic (exact) mass is 766 g/mol. The van der Waals surface area contributed by atoms with Crippen LogP contribution in [0.4, 0.5) is 10.5 Å². The first-order valence-corrected chi connectivity index (χ1v) is 20.1. The molecule has 0 unspecified atom stereocenters. The van der Waals surface area contributed by atoms with Gasteiger partial charge in [-0.3, -0.25) is 24.0 Å². The van der Waals surface area contributed by atoms with Gasteiger partial charge in [0, 0.05) is 23.7 Å². The highest BCUT2D eigenvalue weighted by Gasteiger charge is 2.62. The number of hydrogen-bond acceptors (Lipinski definition) is 9. The van der Waals surface area contributed by atoms with Crippen LogP contribution in [0.5, 0.6) is 0 Å². The van der Waals surface area contributed by atoms with Gasteiger partial charge < -0.3 is 20.3 Å². The number of nitrogens with one attached hydrogen (secondary N) is 3. The molecule has 0 radical (unpaired) electrons. The van der Waals surface area contributed by atoms with Gasteiger partial charge in [-0.1, -0.05) is 63.1 Å². The van der Waals surface area contributed by atoms with Gasteiger partial charge in [-0.05, 0) is 79.8 Å². The number of hydrogen-bond donors (Lipinski definition) is 3. The number of anilines is 1. The molecule has 0 spiro atoms. The van der Waals surface area contributed by atoms with E-state index in [1.807, 2.05) is 45.0 Å². The summed E-state index contributed by atoms with van der Waals surface area (Å²) < 4.78 is 33.5. The number of amides is 4. The van der Waals surface area contributed by atoms with E-state index in [0.29, 0.717) is 36.5 Å². The lowest BCUT2D eigenvalue weighted by Gasteiger charge is -2.32. The molecule has 3 fully saturated rings. The predicted octanol–water partition coefficient (Wildman–Crippen LogP) is 4.59. The number of carbonyl (C=O) groups is 4. The summed E-state index contributed by atoms with van der Waals surface area (Å²) in [5.74, 6) is -2.38. The molecule has 2 heterocycles. The fourth-order valence-electron chi connectivity index (χ4n) is 7.33. The van der Waals surface area contributed by atoms with Crippen LogP contribution in [0.25, 0.3) is 0 Å². The number of nitrogens with zero attached hydrogens (tertiary/aromatic N) is 3. The third kappa shape index (κ3) is 7.82. The number of sulfonamides is 1. The second kappa shape index (κ2) is 14.5. The molecule has 53 heavy (non-hydrogen) atoms. The molecule has 2 aromatic rings. The van der Waals surface area contributed by atoms with Crippen LogP contribution >= 0.6 is 11.6 Å². The van der Waals surface area contributed by atoms with Crippen LogP contribution in [-0.2, 0) is 47.6 Å². The molecule has 2 aliphatic heterocycles. The number of rotatable bonds is 12. The smallest absolute Gasteiger partial charge is 0.410 e. The highest BCUT2D eigenvalue weighted by atomic mass is 35.5. The second-order valence-corrected chi connectivity index (χ2v) is 18.0. The minimum absolute atomic E-state index is 0.0314. The van der Waals surface area contributed by atoms with Crippen molar-refractivity contribution in [1.29, 1.82) is 5.26 Å². The average Bonchev–Trinajstić information content (AvgIpc) is 4.01. The molecule has 0 bridgehead atoms. The van der Waals surface area contributed by atoms with E-state index in [1.165, 1.54) is 9.80 Å². The van der Waals surface area contributed by atoms with Gasteiger partial charge in [0.05, 0.1) is 29.8 Å². The molecular formula is C38H47ClN6O7S. The lowest BCUT2D eigenvalue weighted by atomic mass is 9.86. The zero-order valence-corrected chi connectivity index (χ0v) is 32.2. The molecule has 6 rings (SSSR count). The van der Waals surface area contributed by atoms with Crippen LogP contribution in [0.2, 0.25) is 5.02 Å². The summed E-state index contributed by atoms with van der Waals surface area (Å²) >= 11 is 6.37. The van der Waals surface area contributed by atoms with Crippen molar-refractivity contribution in [3.8, 4) is 6.07 Å². The van der Waals surface area contributed by atoms with E-state index in [2.05, 4.69) is 21.4 Å². The van der Waals surface area contributed by atoms with Gasteiger partial charge in [-0.25, -0.2) is 13.2 Å². The SMILES string of the molecule is CC[C@@H]1C[C@]1(NC(=O)[C@@H]1C[C@@H](OC(=O)N2Cc3cccc(Cl)c3C2)CN1C(=O)[C@@H](Nc1cccc(C(C)(C)C#N)c1)C(C)C)C(=O)NS(=O)(=O)C1CC1. The van der Waals surface area contributed by atoms with E-state index in [4.69, 9.17) is 16.3 Å². The molecule has 284 valence electrons. The Bertz CT molecular complexity index is 1960. The van der Waals surface area contributed by atoms with Gasteiger partial charge in [0.15, 0.2) is 0 Å². The fraction of sp³-hybridized carbons (Fsp3) is 0.553. The van der Waals surface area contributed by atoms with Gasteiger partial charge in [0.25, 0.3) is 5.91 Å². The normalized spacial score (nSPS) is 24.2. The highest BCUT2D eigenvalue weighted by Crippen LogP contribution is 2.47. The number of likely N-dealkylation sites (tertiary alicyclic amines) is 1. The summed E-state index contributed by atoms with van der Waals surface area (Å²) in [6.07, 6.45) is 0.227. The summed E-state index contributed by atoms with van der Waals surface area (Å²) in [5.41, 5.74) is 0.905. The van der Waals surface area contributed by atoms with Crippen molar-refractivity contribution in [3.05, 3.63) is 64.2 Å². The van der Waals surface area contributed by atoms with Gasteiger partial charge >= 0.3 is 6.09 Å². The van der Waals surface area contributed by atoms with Crippen LogP contribution in [0.15, 0.2) is 42.5 Å². The Morgan fingerprint density at radius 3 is 2.45 bits per heavy atom. The summed E-state index contributed by atoms with van der Waals surface area (Å²) in [5, 5.41) is 15.8. The molecule has 4 amide bonds. The van der Waals surface area contributed by atoms with Crippen LogP contribution in [0, 0.1) is 23.2 Å². The Labute approximate surface area is 315 Å². The lowest BCUT2D eigenvalue weighted by molar-refractivity contribution is -0.140. The van der Waals surface area contributed by atoms with E-state index in [-0.39, 0.29) is 37.8 Å². The Kier molecular flexibility index (Phi) is 10.5. The van der Waals surface area contributed by atoms with Crippen molar-refractivity contribution in [1.82, 2.24) is 19.8 Å². The third-order valence-corrected chi connectivity index (χ3v) is 13.1. The Morgan fingerprint density at radius 2 is 1.83 bits per heavy atom. The molecular weight excluding hydrogens is 720 g/mol. The van der Waals surface area contributed by atoms with Crippen molar-refractivity contribution in [2.24, 2.45) is 11.8 Å². The maximum atomic E-state index is 14.5. The molecule has 4 aliphatic rings. The first-order valence-electron chi connectivity index (χ1n) is 18.2. The van der Waals surface area contributed by atoms with Gasteiger partial charge in [0.1, 0.15) is 23.7 Å². The molecule has 2 aliphatic carbocycles. The van der Waals surface area contributed by atoms with E-state index < -0.39 is 68.2 Å². The molecule has 1 saturated heterocycles. The molecule has 3 N–H and O–H groups in total. The van der Waals surface area contributed by atoms with Crippen LogP contribution in [-0.4, -0.2) is 77.6 Å². The standard InChI is InChI=1S/C38H47ClN6O7S/c1-6-24-17-38(24,35(48)43-53(50,51)28-13-14-28)42-33(46)31-16-27(52-36(49)44-18-23-9-7-12-30(39)29(23)20-44)19-45(31)34(47)32(22(2)3)41-26-11-8-10-25(15-26)37(4,5)21-40/h7-12,15,22,24,27-28,31-32,41H,6,13-14,16-20H2,1-5H3,(H,42,46)(H,43,48)/t24-,27-,31+,32+,38-/m1/s1. The summed E-state index contributed by atoms with van der Waals surface area (Å²) in [6, 6.07) is 13.1. The maximum Gasteiger partial charge on any atom is 0.410 e. The number of nitriles is 1. The minimum Gasteiger partial charge on any atom is -0.444 e. The zero-order valence-electron chi connectivity index (χ0n) is 30.6. The number of benzene rings is 2. The first-order chi connectivity index (χ1) is 25.0. The van der Waals surface area contributed by atoms with Crippen LogP contribution in [0.3, 0.4) is 0 Å². The number of carbonyl (C=O) groups excluding carboxylic acids is 4. The van der Waals surface area contributed by atoms with Crippen molar-refractivity contribution >= 4 is 51.1 Å². The van der Waals surface area contributed by atoms with E-state index in [0.717, 1.165) is 16.7 Å². The third-order valence-electron chi connectivity index (χ3n) is 11.0. The molecule has 15 heteroatoms. The summed E-state index contributed by atoms with van der Waals surface area (Å²) in [6.45, 7) is 9.68. The molecule has 0 aromatic heterocycles. The van der Waals surface area contributed by atoms with Crippen molar-refractivity contribution in [2.75, 3.05) is 11.9 Å². The van der Waals surface area contributed by atoms with Gasteiger partial charge in [-0.2, -0.15) is 5.26 Å². The summed E-state index contributed by atoms with van der Waals surface area (Å²) in [7, 11) is -3.87. The number of halogens is 1. The minimum atomic E-state index is -3.87. The zero-order chi connectivity index (χ0) is 38.5. The lowest BCUT2D eigenvalue weighted by Crippen LogP contribution is -2.58. The quantitative estimate of drug-likeness (QED) is 0.279. The molecule has 2 saturated carbocycles. The van der Waals surface area contributed by atoms with Crippen LogP contribution < -0.4 is 15.4 Å². The van der Waals surface area contributed by atoms with Crippen molar-refractivity contribution < 1.29 is 32.3 Å². The topological polar surface area (TPSA) is 178 Å². The van der Waals surface area contributed by atoms with Gasteiger partial charge in [-0.15, -0.1) is 0 Å². The van der Waals surface area contributed by atoms with E-state index in [9.17, 15) is 32.9 Å². The second-order valence-electron chi connectivity index (χ2n) is 15.6.